The molecular formula is C23H15N3. The number of rotatable bonds is 1. The quantitative estimate of drug-likeness (QED) is 0.355. The predicted molar refractivity (Wildman–Crippen MR) is 108 cm³/mol. The number of aromatic amines is 2. The van der Waals surface area contributed by atoms with Crippen LogP contribution in [0.15, 0.2) is 79.0 Å². The highest BCUT2D eigenvalue weighted by atomic mass is 14.9. The molecule has 3 heteroatoms. The third-order valence-corrected chi connectivity index (χ3v) is 5.22. The number of para-hydroxylation sites is 1. The predicted octanol–water partition coefficient (Wildman–Crippen LogP) is 6.02. The van der Waals surface area contributed by atoms with Crippen LogP contribution in [0, 0.1) is 0 Å². The van der Waals surface area contributed by atoms with Gasteiger partial charge in [0.1, 0.15) is 5.82 Å². The lowest BCUT2D eigenvalue weighted by atomic mass is 10.0. The average Bonchev–Trinajstić information content (AvgIpc) is 3.33. The minimum absolute atomic E-state index is 0.902. The summed E-state index contributed by atoms with van der Waals surface area (Å²) in [5, 5.41) is 6.07. The monoisotopic (exact) mass is 333 g/mol. The molecule has 0 spiro atoms. The number of nitrogens with zero attached hydrogens (tertiary/aromatic N) is 1. The smallest absolute Gasteiger partial charge is 0.140 e. The van der Waals surface area contributed by atoms with E-state index in [1.807, 2.05) is 12.3 Å². The van der Waals surface area contributed by atoms with Crippen LogP contribution < -0.4 is 0 Å². The molecule has 0 aliphatic rings. The molecule has 3 nitrogen and oxygen atoms in total. The second kappa shape index (κ2) is 4.96. The fourth-order valence-electron chi connectivity index (χ4n) is 4.02. The molecule has 2 aromatic heterocycles. The van der Waals surface area contributed by atoms with Crippen LogP contribution in [0.3, 0.4) is 0 Å². The minimum atomic E-state index is 0.902. The fourth-order valence-corrected chi connectivity index (χ4v) is 4.02. The zero-order valence-electron chi connectivity index (χ0n) is 14.0. The van der Waals surface area contributed by atoms with E-state index in [0.29, 0.717) is 0 Å². The number of aromatic nitrogens is 3. The van der Waals surface area contributed by atoms with Gasteiger partial charge in [0.05, 0.1) is 11.0 Å². The minimum Gasteiger partial charge on any atom is -0.360 e. The molecule has 0 aliphatic heterocycles. The number of hydrogen-bond donors (Lipinski definition) is 2. The van der Waals surface area contributed by atoms with Gasteiger partial charge >= 0.3 is 0 Å². The molecule has 4 aromatic carbocycles. The van der Waals surface area contributed by atoms with Crippen LogP contribution in [-0.4, -0.2) is 15.0 Å². The first kappa shape index (κ1) is 13.7. The number of nitrogens with one attached hydrogen (secondary N) is 2. The Balaban J connectivity index is 1.78. The molecule has 0 bridgehead atoms. The van der Waals surface area contributed by atoms with E-state index >= 15 is 0 Å². The molecule has 0 radical (unpaired) electrons. The average molecular weight is 333 g/mol. The molecule has 2 heterocycles. The van der Waals surface area contributed by atoms with Crippen LogP contribution >= 0.6 is 0 Å². The van der Waals surface area contributed by atoms with Gasteiger partial charge in [-0.3, -0.25) is 0 Å². The van der Waals surface area contributed by atoms with Gasteiger partial charge in [-0.15, -0.1) is 0 Å². The molecule has 0 unspecified atom stereocenters. The highest BCUT2D eigenvalue weighted by Crippen LogP contribution is 2.36. The largest absolute Gasteiger partial charge is 0.360 e. The van der Waals surface area contributed by atoms with Gasteiger partial charge in [-0.2, -0.15) is 0 Å². The summed E-state index contributed by atoms with van der Waals surface area (Å²) in [6, 6.07) is 25.4. The Morgan fingerprint density at radius 2 is 1.23 bits per heavy atom. The van der Waals surface area contributed by atoms with E-state index in [0.717, 1.165) is 27.9 Å². The van der Waals surface area contributed by atoms with Crippen molar-refractivity contribution in [3.63, 3.8) is 0 Å². The third-order valence-electron chi connectivity index (χ3n) is 5.22. The van der Waals surface area contributed by atoms with Gasteiger partial charge in [-0.05, 0) is 16.8 Å². The maximum atomic E-state index is 5.01. The van der Waals surface area contributed by atoms with Gasteiger partial charge in [-0.1, -0.05) is 66.7 Å². The zero-order chi connectivity index (χ0) is 17.1. The van der Waals surface area contributed by atoms with Gasteiger partial charge in [0.25, 0.3) is 0 Å². The topological polar surface area (TPSA) is 44.5 Å². The molecule has 0 aliphatic carbocycles. The van der Waals surface area contributed by atoms with Gasteiger partial charge in [-0.25, -0.2) is 4.98 Å². The van der Waals surface area contributed by atoms with Crippen molar-refractivity contribution in [2.45, 2.75) is 0 Å². The Labute approximate surface area is 149 Å². The summed E-state index contributed by atoms with van der Waals surface area (Å²) in [5.74, 6) is 0.902. The Hall–Kier alpha value is -3.59. The van der Waals surface area contributed by atoms with E-state index in [2.05, 4.69) is 76.7 Å². The van der Waals surface area contributed by atoms with Crippen LogP contribution in [0.25, 0.3) is 54.9 Å². The Morgan fingerprint density at radius 1 is 0.615 bits per heavy atom. The first-order valence-corrected chi connectivity index (χ1v) is 8.76. The Morgan fingerprint density at radius 3 is 2.04 bits per heavy atom. The maximum absolute atomic E-state index is 5.01. The summed E-state index contributed by atoms with van der Waals surface area (Å²) in [7, 11) is 0. The van der Waals surface area contributed by atoms with Crippen LogP contribution in [0.1, 0.15) is 0 Å². The fraction of sp³-hybridized carbons (Fsp3) is 0. The van der Waals surface area contributed by atoms with Crippen LogP contribution in [-0.2, 0) is 0 Å². The van der Waals surface area contributed by atoms with Gasteiger partial charge in [0.15, 0.2) is 0 Å². The van der Waals surface area contributed by atoms with Crippen molar-refractivity contribution in [3.8, 4) is 11.4 Å². The van der Waals surface area contributed by atoms with Crippen molar-refractivity contribution in [1.29, 1.82) is 0 Å². The van der Waals surface area contributed by atoms with E-state index in [9.17, 15) is 0 Å². The van der Waals surface area contributed by atoms with Crippen LogP contribution in [0.2, 0.25) is 0 Å². The molecular weight excluding hydrogens is 318 g/mol. The first-order valence-electron chi connectivity index (χ1n) is 8.76. The van der Waals surface area contributed by atoms with Gasteiger partial charge in [0, 0.05) is 33.4 Å². The van der Waals surface area contributed by atoms with Crippen molar-refractivity contribution < 1.29 is 0 Å². The molecule has 0 atom stereocenters. The molecule has 6 aromatic rings. The summed E-state index contributed by atoms with van der Waals surface area (Å²) in [6.07, 6.45) is 2.03. The van der Waals surface area contributed by atoms with Crippen molar-refractivity contribution in [2.75, 3.05) is 0 Å². The van der Waals surface area contributed by atoms with Crippen molar-refractivity contribution in [3.05, 3.63) is 79.0 Å². The van der Waals surface area contributed by atoms with Crippen molar-refractivity contribution >= 4 is 43.5 Å². The first-order chi connectivity index (χ1) is 12.9. The van der Waals surface area contributed by atoms with E-state index in [1.165, 1.54) is 26.9 Å². The summed E-state index contributed by atoms with van der Waals surface area (Å²) in [6.45, 7) is 0. The molecule has 0 fully saturated rings. The molecule has 122 valence electrons. The number of hydrogen-bond acceptors (Lipinski definition) is 1. The van der Waals surface area contributed by atoms with E-state index in [-0.39, 0.29) is 0 Å². The lowest BCUT2D eigenvalue weighted by molar-refractivity contribution is 1.34. The van der Waals surface area contributed by atoms with Crippen molar-refractivity contribution in [2.24, 2.45) is 0 Å². The zero-order valence-corrected chi connectivity index (χ0v) is 14.0. The Kier molecular flexibility index (Phi) is 2.61. The van der Waals surface area contributed by atoms with Crippen LogP contribution in [0.5, 0.6) is 0 Å². The van der Waals surface area contributed by atoms with Gasteiger partial charge < -0.3 is 9.97 Å². The standard InChI is InChI=1S/C23H15N3/c1-3-10-17-14(7-1)15-8-2-4-11-18(15)22-21(17)25-23(26-22)19-13-24-20-12-6-5-9-16(19)20/h1-13,24H,(H,25,26). The van der Waals surface area contributed by atoms with Gasteiger partial charge in [0.2, 0.25) is 0 Å². The number of imidazole rings is 1. The molecule has 2 N–H and O–H groups in total. The van der Waals surface area contributed by atoms with E-state index in [1.54, 1.807) is 0 Å². The molecule has 0 amide bonds. The summed E-state index contributed by atoms with van der Waals surface area (Å²) >= 11 is 0. The second-order valence-electron chi connectivity index (χ2n) is 6.65. The van der Waals surface area contributed by atoms with E-state index in [4.69, 9.17) is 4.98 Å². The summed E-state index contributed by atoms with van der Waals surface area (Å²) < 4.78 is 0. The molecule has 0 saturated heterocycles. The summed E-state index contributed by atoms with van der Waals surface area (Å²) in [5.41, 5.74) is 4.35. The van der Waals surface area contributed by atoms with E-state index < -0.39 is 0 Å². The second-order valence-corrected chi connectivity index (χ2v) is 6.65. The highest BCUT2D eigenvalue weighted by molar-refractivity contribution is 6.23. The lowest BCUT2D eigenvalue weighted by Crippen LogP contribution is -1.81. The number of H-pyrrole nitrogens is 2. The molecule has 26 heavy (non-hydrogen) atoms. The number of benzene rings is 4. The Bertz CT molecular complexity index is 1360. The van der Waals surface area contributed by atoms with Crippen molar-refractivity contribution in [1.82, 2.24) is 15.0 Å². The van der Waals surface area contributed by atoms with Crippen LogP contribution in [0.4, 0.5) is 0 Å². The lowest BCUT2D eigenvalue weighted by Gasteiger charge is -2.05. The summed E-state index contributed by atoms with van der Waals surface area (Å²) in [4.78, 5) is 11.9. The third kappa shape index (κ3) is 1.74. The molecule has 6 rings (SSSR count). The highest BCUT2D eigenvalue weighted by Gasteiger charge is 2.15. The number of fused-ring (bicyclic) bond motifs is 7. The molecule has 0 saturated carbocycles. The maximum Gasteiger partial charge on any atom is 0.140 e. The SMILES string of the molecule is c1ccc2c(-c3nc4c5ccccc5c5ccccc5c4[nH]3)c[nH]c2c1. The normalized spacial score (nSPS) is 11.8.